The lowest BCUT2D eigenvalue weighted by atomic mass is 10.2. The number of carbonyl (C=O) groups excluding carboxylic acids is 1. The van der Waals surface area contributed by atoms with Crippen LogP contribution in [0, 0.1) is 5.82 Å². The molecular formula is C12H13FN4O2. The number of amides is 1. The van der Waals surface area contributed by atoms with Gasteiger partial charge in [-0.3, -0.25) is 10.2 Å². The van der Waals surface area contributed by atoms with Crippen molar-refractivity contribution in [3.05, 3.63) is 47.6 Å². The lowest BCUT2D eigenvalue weighted by Crippen LogP contribution is -2.30. The lowest BCUT2D eigenvalue weighted by Gasteiger charge is -2.17. The molecule has 0 unspecified atom stereocenters. The minimum absolute atomic E-state index is 0.0828. The van der Waals surface area contributed by atoms with Crippen molar-refractivity contribution < 1.29 is 13.7 Å². The normalized spacial score (nSPS) is 10.3. The standard InChI is InChI=1S/C12H13FN4O2/c1-17(11-5-3-2-4-9(11)13)7-8-6-10(16-19-8)12(18)15-14/h2-6H,7,14H2,1H3,(H,15,18). The van der Waals surface area contributed by atoms with E-state index >= 15 is 0 Å². The zero-order valence-electron chi connectivity index (χ0n) is 10.3. The third kappa shape index (κ3) is 2.89. The number of nitrogens with one attached hydrogen (secondary N) is 1. The number of aromatic nitrogens is 1. The van der Waals surface area contributed by atoms with E-state index < -0.39 is 5.91 Å². The van der Waals surface area contributed by atoms with Crippen molar-refractivity contribution in [2.75, 3.05) is 11.9 Å². The Morgan fingerprint density at radius 2 is 2.26 bits per heavy atom. The molecule has 0 atom stereocenters. The highest BCUT2D eigenvalue weighted by Gasteiger charge is 2.14. The van der Waals surface area contributed by atoms with E-state index in [0.717, 1.165) is 0 Å². The maximum atomic E-state index is 13.6. The number of anilines is 1. The first-order chi connectivity index (χ1) is 9.11. The minimum atomic E-state index is -0.538. The van der Waals surface area contributed by atoms with Gasteiger partial charge in [-0.25, -0.2) is 10.2 Å². The predicted molar refractivity (Wildman–Crippen MR) is 66.7 cm³/mol. The van der Waals surface area contributed by atoms with Gasteiger partial charge in [-0.1, -0.05) is 17.3 Å². The summed E-state index contributed by atoms with van der Waals surface area (Å²) in [6.45, 7) is 0.284. The van der Waals surface area contributed by atoms with Crippen LogP contribution >= 0.6 is 0 Å². The van der Waals surface area contributed by atoms with E-state index in [1.165, 1.54) is 12.1 Å². The fourth-order valence-electron chi connectivity index (χ4n) is 1.65. The fourth-order valence-corrected chi connectivity index (χ4v) is 1.65. The van der Waals surface area contributed by atoms with Crippen LogP contribution in [0.15, 0.2) is 34.9 Å². The number of hydrogen-bond acceptors (Lipinski definition) is 5. The summed E-state index contributed by atoms with van der Waals surface area (Å²) in [5, 5.41) is 3.57. The average Bonchev–Trinajstić information content (AvgIpc) is 2.86. The van der Waals surface area contributed by atoms with Crippen LogP contribution in [0.5, 0.6) is 0 Å². The summed E-state index contributed by atoms with van der Waals surface area (Å²) >= 11 is 0. The SMILES string of the molecule is CN(Cc1cc(C(=O)NN)no1)c1ccccc1F. The second-order valence-electron chi connectivity index (χ2n) is 3.96. The van der Waals surface area contributed by atoms with Gasteiger partial charge < -0.3 is 9.42 Å². The van der Waals surface area contributed by atoms with Crippen LogP contribution in [0.25, 0.3) is 0 Å². The van der Waals surface area contributed by atoms with E-state index in [2.05, 4.69) is 5.16 Å². The molecule has 0 aliphatic carbocycles. The van der Waals surface area contributed by atoms with E-state index in [1.807, 2.05) is 5.43 Å². The molecule has 0 fully saturated rings. The van der Waals surface area contributed by atoms with Gasteiger partial charge in [0.05, 0.1) is 12.2 Å². The Kier molecular flexibility index (Phi) is 3.76. The Balaban J connectivity index is 2.11. The summed E-state index contributed by atoms with van der Waals surface area (Å²) in [5.41, 5.74) is 2.47. The van der Waals surface area contributed by atoms with Gasteiger partial charge in [0.25, 0.3) is 5.91 Å². The smallest absolute Gasteiger partial charge is 0.287 e. The van der Waals surface area contributed by atoms with Gasteiger partial charge in [0.1, 0.15) is 5.82 Å². The number of halogens is 1. The predicted octanol–water partition coefficient (Wildman–Crippen LogP) is 1.05. The topological polar surface area (TPSA) is 84.4 Å². The molecule has 0 aliphatic heterocycles. The van der Waals surface area contributed by atoms with Crippen molar-refractivity contribution in [3.63, 3.8) is 0 Å². The Hall–Kier alpha value is -2.41. The highest BCUT2D eigenvalue weighted by molar-refractivity contribution is 5.91. The van der Waals surface area contributed by atoms with Crippen LogP contribution in [0.1, 0.15) is 16.2 Å². The molecule has 0 spiro atoms. The second kappa shape index (κ2) is 5.49. The van der Waals surface area contributed by atoms with Gasteiger partial charge >= 0.3 is 0 Å². The van der Waals surface area contributed by atoms with Gasteiger partial charge in [0, 0.05) is 13.1 Å². The third-order valence-electron chi connectivity index (χ3n) is 2.58. The molecular weight excluding hydrogens is 251 g/mol. The number of nitrogens with zero attached hydrogens (tertiary/aromatic N) is 2. The number of carbonyl (C=O) groups is 1. The number of benzene rings is 1. The Bertz CT molecular complexity index is 585. The molecule has 6 nitrogen and oxygen atoms in total. The van der Waals surface area contributed by atoms with Crippen molar-refractivity contribution >= 4 is 11.6 Å². The van der Waals surface area contributed by atoms with Gasteiger partial charge in [0.15, 0.2) is 11.5 Å². The fraction of sp³-hybridized carbons (Fsp3) is 0.167. The molecule has 0 radical (unpaired) electrons. The molecule has 100 valence electrons. The van der Waals surface area contributed by atoms with Crippen LogP contribution in [-0.2, 0) is 6.54 Å². The van der Waals surface area contributed by atoms with E-state index in [4.69, 9.17) is 10.4 Å². The number of rotatable bonds is 4. The number of hydrogen-bond donors (Lipinski definition) is 2. The molecule has 0 aliphatic rings. The number of hydrazine groups is 1. The number of nitrogen functional groups attached to an aromatic ring is 1. The van der Waals surface area contributed by atoms with Crippen LogP contribution in [-0.4, -0.2) is 18.1 Å². The zero-order chi connectivity index (χ0) is 13.8. The molecule has 2 rings (SSSR count). The van der Waals surface area contributed by atoms with E-state index in [9.17, 15) is 9.18 Å². The van der Waals surface area contributed by atoms with Crippen molar-refractivity contribution in [2.45, 2.75) is 6.54 Å². The summed E-state index contributed by atoms with van der Waals surface area (Å²) in [6, 6.07) is 7.84. The Labute approximate surface area is 108 Å². The average molecular weight is 264 g/mol. The molecule has 2 aromatic rings. The molecule has 3 N–H and O–H groups in total. The second-order valence-corrected chi connectivity index (χ2v) is 3.96. The summed E-state index contributed by atoms with van der Waals surface area (Å²) in [7, 11) is 1.71. The zero-order valence-corrected chi connectivity index (χ0v) is 10.3. The minimum Gasteiger partial charge on any atom is -0.365 e. The maximum absolute atomic E-state index is 13.6. The summed E-state index contributed by atoms with van der Waals surface area (Å²) in [5.74, 6) is 4.55. The van der Waals surface area contributed by atoms with Gasteiger partial charge in [-0.05, 0) is 12.1 Å². The highest BCUT2D eigenvalue weighted by atomic mass is 19.1. The molecule has 1 aromatic heterocycles. The quantitative estimate of drug-likeness (QED) is 0.490. The molecule has 19 heavy (non-hydrogen) atoms. The van der Waals surface area contributed by atoms with Crippen LogP contribution in [0.2, 0.25) is 0 Å². The molecule has 1 amide bonds. The van der Waals surface area contributed by atoms with Gasteiger partial charge in [-0.2, -0.15) is 0 Å². The first kappa shape index (κ1) is 13.0. The maximum Gasteiger partial charge on any atom is 0.287 e. The molecule has 0 saturated heterocycles. The third-order valence-corrected chi connectivity index (χ3v) is 2.58. The lowest BCUT2D eigenvalue weighted by molar-refractivity contribution is 0.0944. The largest absolute Gasteiger partial charge is 0.365 e. The molecule has 1 heterocycles. The molecule has 0 bridgehead atoms. The van der Waals surface area contributed by atoms with Crippen LogP contribution in [0.3, 0.4) is 0 Å². The van der Waals surface area contributed by atoms with Crippen molar-refractivity contribution in [1.82, 2.24) is 10.6 Å². The van der Waals surface area contributed by atoms with E-state index in [0.29, 0.717) is 11.4 Å². The first-order valence-corrected chi connectivity index (χ1v) is 5.54. The summed E-state index contributed by atoms with van der Waals surface area (Å²) < 4.78 is 18.6. The Morgan fingerprint density at radius 1 is 1.53 bits per heavy atom. The Morgan fingerprint density at radius 3 is 2.95 bits per heavy atom. The van der Waals surface area contributed by atoms with Crippen molar-refractivity contribution in [3.8, 4) is 0 Å². The number of para-hydroxylation sites is 1. The van der Waals surface area contributed by atoms with Gasteiger partial charge in [-0.15, -0.1) is 0 Å². The molecule has 7 heteroatoms. The number of nitrogens with two attached hydrogens (primary N) is 1. The van der Waals surface area contributed by atoms with Crippen LogP contribution < -0.4 is 16.2 Å². The van der Waals surface area contributed by atoms with Crippen LogP contribution in [0.4, 0.5) is 10.1 Å². The monoisotopic (exact) mass is 264 g/mol. The van der Waals surface area contributed by atoms with E-state index in [-0.39, 0.29) is 18.1 Å². The van der Waals surface area contributed by atoms with Crippen molar-refractivity contribution in [1.29, 1.82) is 0 Å². The summed E-state index contributed by atoms with van der Waals surface area (Å²) in [6.07, 6.45) is 0. The van der Waals surface area contributed by atoms with Crippen molar-refractivity contribution in [2.24, 2.45) is 5.84 Å². The first-order valence-electron chi connectivity index (χ1n) is 5.54. The molecule has 1 aromatic carbocycles. The summed E-state index contributed by atoms with van der Waals surface area (Å²) in [4.78, 5) is 12.9. The molecule has 0 saturated carbocycles. The highest BCUT2D eigenvalue weighted by Crippen LogP contribution is 2.19. The van der Waals surface area contributed by atoms with E-state index in [1.54, 1.807) is 30.1 Å². The van der Waals surface area contributed by atoms with Gasteiger partial charge in [0.2, 0.25) is 0 Å².